The second kappa shape index (κ2) is 1.89. The van der Waals surface area contributed by atoms with E-state index in [9.17, 15) is 0 Å². The molecule has 0 unspecified atom stereocenters. The first-order valence-corrected chi connectivity index (χ1v) is 17.4. The van der Waals surface area contributed by atoms with Crippen LogP contribution in [0.4, 0.5) is 0 Å². The Morgan fingerprint density at radius 3 is 1.00 bits per heavy atom. The van der Waals surface area contributed by atoms with E-state index in [0.29, 0.717) is 0 Å². The number of hydrogen-bond donors (Lipinski definition) is 0. The number of hydrogen-bond acceptors (Lipinski definition) is 1. The summed E-state index contributed by atoms with van der Waals surface area (Å²) < 4.78 is 8.83. The molecule has 6 heteroatoms. The fraction of sp³-hybridized carbons (Fsp3) is 0. The molecule has 0 aromatic carbocycles. The van der Waals surface area contributed by atoms with E-state index in [-0.39, 0.29) is 0 Å². The van der Waals surface area contributed by atoms with Crippen LogP contribution in [0.2, 0.25) is 0 Å². The van der Waals surface area contributed by atoms with Crippen LogP contribution >= 0.6 is 54.5 Å². The number of rotatable bonds is 0. The van der Waals surface area contributed by atoms with Crippen LogP contribution in [0.1, 0.15) is 0 Å². The van der Waals surface area contributed by atoms with Crippen LogP contribution < -0.4 is 0 Å². The van der Waals surface area contributed by atoms with Gasteiger partial charge in [0.1, 0.15) is 0 Å². The summed E-state index contributed by atoms with van der Waals surface area (Å²) in [5, 5.41) is -3.22. The minimum absolute atomic E-state index is 2.96. The monoisotopic (exact) mass is 432 g/mol. The molecule has 0 saturated carbocycles. The van der Waals surface area contributed by atoms with Crippen molar-refractivity contribution in [3.63, 3.8) is 0 Å². The Kier molecular flexibility index (Phi) is 2.60. The summed E-state index contributed by atoms with van der Waals surface area (Å²) in [5.41, 5.74) is 0. The zero-order valence-corrected chi connectivity index (χ0v) is 10.4. The average Bonchev–Trinajstić information content (AvgIpc) is 0.650. The van der Waals surface area contributed by atoms with Gasteiger partial charge >= 0.3 is 63.8 Å². The number of nitrogens with zero attached hydrogens (tertiary/aromatic N) is 1. The van der Waals surface area contributed by atoms with Crippen LogP contribution in [0.15, 0.2) is 0 Å². The average molecular weight is 435 g/mol. The summed E-state index contributed by atoms with van der Waals surface area (Å²) in [6.45, 7) is 0. The van der Waals surface area contributed by atoms with Gasteiger partial charge in [0.05, 0.1) is 0 Å². The van der Waals surface area contributed by atoms with Crippen LogP contribution in [0.5, 0.6) is 0 Å². The molecular formula is Br4NRu-. The zero-order valence-electron chi connectivity index (χ0n) is 2.31. The van der Waals surface area contributed by atoms with E-state index in [2.05, 4.69) is 54.5 Å². The predicted molar refractivity (Wildman–Crippen MR) is 37.4 cm³/mol. The van der Waals surface area contributed by atoms with Crippen molar-refractivity contribution in [1.82, 2.24) is 0 Å². The predicted octanol–water partition coefficient (Wildman–Crippen LogP) is 3.39. The Bertz CT molecular complexity index is 129. The van der Waals surface area contributed by atoms with Crippen molar-refractivity contribution in [1.29, 1.82) is 3.92 Å². The third kappa shape index (κ3) is 34.0. The summed E-state index contributed by atoms with van der Waals surface area (Å²) in [4.78, 5) is 0. The topological polar surface area (TPSA) is 23.8 Å². The van der Waals surface area contributed by atoms with Crippen molar-refractivity contribution in [3.05, 3.63) is 0 Å². The molecule has 0 heterocycles. The van der Waals surface area contributed by atoms with Crippen molar-refractivity contribution >= 4 is 54.5 Å². The van der Waals surface area contributed by atoms with E-state index in [0.717, 1.165) is 0 Å². The van der Waals surface area contributed by atoms with Crippen LogP contribution in [-0.2, 0) is 5.39 Å². The molecule has 0 amide bonds. The minimum atomic E-state index is -3.22. The van der Waals surface area contributed by atoms with Gasteiger partial charge in [-0.3, -0.25) is 0 Å². The van der Waals surface area contributed by atoms with Crippen molar-refractivity contribution in [2.24, 2.45) is 0 Å². The van der Waals surface area contributed by atoms with E-state index in [4.69, 9.17) is 3.92 Å². The third-order valence-electron chi connectivity index (χ3n) is 0. The third-order valence-corrected chi connectivity index (χ3v) is 0. The van der Waals surface area contributed by atoms with Gasteiger partial charge in [-0.1, -0.05) is 0 Å². The van der Waals surface area contributed by atoms with Gasteiger partial charge in [0, 0.05) is 0 Å². The van der Waals surface area contributed by atoms with Crippen molar-refractivity contribution in [2.75, 3.05) is 0 Å². The summed E-state index contributed by atoms with van der Waals surface area (Å²) in [6, 6.07) is 0. The maximum atomic E-state index is 8.83. The zero-order chi connectivity index (χ0) is 5.45. The molecule has 1 nitrogen and oxygen atoms in total. The number of halogens is 4. The first-order chi connectivity index (χ1) is 2.24. The van der Waals surface area contributed by atoms with Gasteiger partial charge < -0.3 is 0 Å². The normalized spacial score (nSPS) is 18.8. The van der Waals surface area contributed by atoms with Crippen LogP contribution in [-0.4, -0.2) is 0 Å². The molecule has 6 heavy (non-hydrogen) atoms. The molecule has 0 saturated heterocycles. The van der Waals surface area contributed by atoms with Crippen molar-refractivity contribution in [2.45, 2.75) is 0 Å². The van der Waals surface area contributed by atoms with Crippen LogP contribution in [0.25, 0.3) is 0 Å². The molecule has 0 aliphatic heterocycles. The molecule has 0 spiro atoms. The first-order valence-electron chi connectivity index (χ1n) is 0.693. The fourth-order valence-electron chi connectivity index (χ4n) is 0. The van der Waals surface area contributed by atoms with Gasteiger partial charge in [0.2, 0.25) is 0 Å². The molecule has 0 N–H and O–H groups in total. The van der Waals surface area contributed by atoms with Crippen LogP contribution in [0.3, 0.4) is 0 Å². The van der Waals surface area contributed by atoms with Crippen LogP contribution in [0, 0.1) is 3.92 Å². The molecule has 0 atom stereocenters. The first kappa shape index (κ1) is 8.25. The summed E-state index contributed by atoms with van der Waals surface area (Å²) in [6.07, 6.45) is 0. The molecular weight excluding hydrogens is 435 g/mol. The molecule has 0 bridgehead atoms. The summed E-state index contributed by atoms with van der Waals surface area (Å²) >= 11 is 11.8. The van der Waals surface area contributed by atoms with Gasteiger partial charge in [-0.15, -0.1) is 0 Å². The molecule has 0 aliphatic rings. The molecule has 0 aromatic rings. The SMILES string of the molecule is [N]#[Ru-]([Br])([Br])([Br])[Br]. The van der Waals surface area contributed by atoms with E-state index in [1.54, 1.807) is 0 Å². The second-order valence-corrected chi connectivity index (χ2v) is 55.8. The van der Waals surface area contributed by atoms with E-state index in [1.807, 2.05) is 0 Å². The Labute approximate surface area is 62.7 Å². The van der Waals surface area contributed by atoms with E-state index >= 15 is 0 Å². The fourth-order valence-corrected chi connectivity index (χ4v) is 0. The van der Waals surface area contributed by atoms with E-state index in [1.165, 1.54) is 0 Å². The van der Waals surface area contributed by atoms with Gasteiger partial charge in [-0.05, 0) is 0 Å². The molecule has 0 rings (SSSR count). The van der Waals surface area contributed by atoms with Gasteiger partial charge in [-0.2, -0.15) is 0 Å². The molecule has 0 fully saturated rings. The maximum absolute atomic E-state index is 8.83. The quantitative estimate of drug-likeness (QED) is 0.536. The summed E-state index contributed by atoms with van der Waals surface area (Å²) in [7, 11) is 0. The molecule has 0 aromatic heterocycles. The Hall–Kier alpha value is 2.25. The van der Waals surface area contributed by atoms with Crippen molar-refractivity contribution < 1.29 is 5.39 Å². The van der Waals surface area contributed by atoms with E-state index < -0.39 is 5.39 Å². The Morgan fingerprint density at radius 2 is 1.00 bits per heavy atom. The standard InChI is InChI=1S/4BrH.N.Ru/h4*1H;;/q;;;;;+3/p-4. The molecule has 0 radical (unpaired) electrons. The Morgan fingerprint density at radius 1 is 1.00 bits per heavy atom. The summed E-state index contributed by atoms with van der Waals surface area (Å²) in [5.74, 6) is 0. The van der Waals surface area contributed by atoms with Gasteiger partial charge in [0.25, 0.3) is 0 Å². The van der Waals surface area contributed by atoms with Gasteiger partial charge in [0.15, 0.2) is 0 Å². The molecule has 42 valence electrons. The molecule has 0 aliphatic carbocycles. The second-order valence-electron chi connectivity index (χ2n) is 0.542. The van der Waals surface area contributed by atoms with Crippen molar-refractivity contribution in [3.8, 4) is 0 Å². The van der Waals surface area contributed by atoms with Gasteiger partial charge in [-0.25, -0.2) is 0 Å². The Balaban J connectivity index is 4.34.